The van der Waals surface area contributed by atoms with Crippen molar-refractivity contribution in [2.24, 2.45) is 11.8 Å². The van der Waals surface area contributed by atoms with Crippen molar-refractivity contribution < 1.29 is 28.6 Å². The molecule has 0 aliphatic carbocycles. The highest BCUT2D eigenvalue weighted by Crippen LogP contribution is 2.16. The van der Waals surface area contributed by atoms with Crippen LogP contribution in [0.5, 0.6) is 0 Å². The number of nitrogens with zero attached hydrogens (tertiary/aromatic N) is 2. The topological polar surface area (TPSA) is 106 Å². The van der Waals surface area contributed by atoms with Gasteiger partial charge in [-0.05, 0) is 24.7 Å². The summed E-state index contributed by atoms with van der Waals surface area (Å²) >= 11 is 0. The van der Waals surface area contributed by atoms with Crippen LogP contribution >= 0.6 is 0 Å². The number of hydrogen-bond donors (Lipinski definition) is 0. The van der Waals surface area contributed by atoms with Crippen LogP contribution in [0, 0.1) is 11.8 Å². The van der Waals surface area contributed by atoms with Gasteiger partial charge in [0.15, 0.2) is 0 Å². The van der Waals surface area contributed by atoms with E-state index in [1.54, 1.807) is 6.08 Å². The van der Waals surface area contributed by atoms with E-state index >= 15 is 0 Å². The summed E-state index contributed by atoms with van der Waals surface area (Å²) in [6.07, 6.45) is 3.32. The first-order chi connectivity index (χ1) is 11.2. The molecule has 24 heavy (non-hydrogen) atoms. The number of ketones is 1. The fourth-order valence-corrected chi connectivity index (χ4v) is 2.18. The quantitative estimate of drug-likeness (QED) is 0.116. The lowest BCUT2D eigenvalue weighted by Crippen LogP contribution is -2.35. The molecular weight excluding hydrogens is 312 g/mol. The first-order valence-electron chi connectivity index (χ1n) is 7.95. The highest BCUT2D eigenvalue weighted by atomic mass is 16.5. The minimum absolute atomic E-state index is 0.00797. The van der Waals surface area contributed by atoms with Crippen LogP contribution in [0.25, 0.3) is 5.53 Å². The first-order valence-corrected chi connectivity index (χ1v) is 7.95. The van der Waals surface area contributed by atoms with Crippen LogP contribution in [-0.2, 0) is 23.9 Å². The van der Waals surface area contributed by atoms with E-state index in [-0.39, 0.29) is 24.4 Å². The summed E-state index contributed by atoms with van der Waals surface area (Å²) in [7, 11) is 1.27. The molecule has 0 saturated carbocycles. The van der Waals surface area contributed by atoms with Gasteiger partial charge in [0.1, 0.15) is 6.10 Å². The smallest absolute Gasteiger partial charge is 0.441 e. The molecule has 0 aliphatic rings. The second kappa shape index (κ2) is 11.3. The summed E-state index contributed by atoms with van der Waals surface area (Å²) in [5.74, 6) is -1.84. The van der Waals surface area contributed by atoms with Gasteiger partial charge >= 0.3 is 17.7 Å². The second-order valence-electron chi connectivity index (χ2n) is 6.05. The molecule has 0 unspecified atom stereocenters. The van der Waals surface area contributed by atoms with E-state index in [9.17, 15) is 14.4 Å². The van der Waals surface area contributed by atoms with Gasteiger partial charge in [0.2, 0.25) is 0 Å². The number of ether oxygens (including phenoxy) is 2. The zero-order valence-electron chi connectivity index (χ0n) is 14.9. The number of hydrogen-bond acceptors (Lipinski definition) is 5. The molecule has 7 heteroatoms. The Labute approximate surface area is 142 Å². The third-order valence-corrected chi connectivity index (χ3v) is 3.34. The largest absolute Gasteiger partial charge is 0.466 e. The Balaban J connectivity index is 4.60. The molecular formula is C17H26N2O5. The van der Waals surface area contributed by atoms with E-state index in [0.717, 1.165) is 0 Å². The fraction of sp³-hybridized carbons (Fsp3) is 0.647. The van der Waals surface area contributed by atoms with E-state index in [1.165, 1.54) is 13.2 Å². The highest BCUT2D eigenvalue weighted by molar-refractivity contribution is 6.62. The molecule has 0 amide bonds. The van der Waals surface area contributed by atoms with Crippen molar-refractivity contribution in [2.45, 2.75) is 53.1 Å². The van der Waals surface area contributed by atoms with Gasteiger partial charge in [-0.15, -0.1) is 0 Å². The van der Waals surface area contributed by atoms with Crippen LogP contribution in [0.1, 0.15) is 47.0 Å². The molecule has 0 rings (SSSR count). The number of unbranched alkanes of at least 4 members (excludes halogenated alkanes) is 1. The maximum Gasteiger partial charge on any atom is 0.441 e. The Bertz CT molecular complexity index is 523. The highest BCUT2D eigenvalue weighted by Gasteiger charge is 2.34. The van der Waals surface area contributed by atoms with Gasteiger partial charge in [-0.2, -0.15) is 4.79 Å². The van der Waals surface area contributed by atoms with Crippen LogP contribution in [-0.4, -0.2) is 41.4 Å². The average molecular weight is 338 g/mol. The van der Waals surface area contributed by atoms with Crippen LogP contribution < -0.4 is 0 Å². The van der Waals surface area contributed by atoms with Crippen molar-refractivity contribution in [1.29, 1.82) is 0 Å². The molecule has 0 aliphatic heterocycles. The van der Waals surface area contributed by atoms with Crippen LogP contribution in [0.4, 0.5) is 0 Å². The monoisotopic (exact) mass is 338 g/mol. The van der Waals surface area contributed by atoms with Crippen LogP contribution in [0.15, 0.2) is 12.2 Å². The lowest BCUT2D eigenvalue weighted by Gasteiger charge is -2.23. The normalized spacial score (nSPS) is 11.0. The predicted molar refractivity (Wildman–Crippen MR) is 88.2 cm³/mol. The number of methoxy groups -OCH3 is 1. The molecule has 7 nitrogen and oxygen atoms in total. The predicted octanol–water partition coefficient (Wildman–Crippen LogP) is 2.35. The molecule has 0 fully saturated rings. The third-order valence-electron chi connectivity index (χ3n) is 3.34. The van der Waals surface area contributed by atoms with E-state index in [1.807, 2.05) is 27.7 Å². The average Bonchev–Trinajstić information content (AvgIpc) is 2.51. The Morgan fingerprint density at radius 3 is 2.17 bits per heavy atom. The number of allylic oxidation sites excluding steroid dienone is 1. The molecule has 134 valence electrons. The van der Waals surface area contributed by atoms with Gasteiger partial charge in [-0.3, -0.25) is 4.79 Å². The molecule has 0 radical (unpaired) electrons. The summed E-state index contributed by atoms with van der Waals surface area (Å²) in [4.78, 5) is 37.7. The number of esters is 2. The van der Waals surface area contributed by atoms with Crippen LogP contribution in [0.3, 0.4) is 0 Å². The van der Waals surface area contributed by atoms with Gasteiger partial charge < -0.3 is 15.0 Å². The van der Waals surface area contributed by atoms with Gasteiger partial charge in [0.25, 0.3) is 5.78 Å². The minimum atomic E-state index is -0.917. The Kier molecular flexibility index (Phi) is 10.2. The lowest BCUT2D eigenvalue weighted by atomic mass is 9.96. The Hall–Kier alpha value is -2.27. The number of carbonyl (C=O) groups excluding carboxylic acids is 3. The van der Waals surface area contributed by atoms with E-state index in [4.69, 9.17) is 10.3 Å². The maximum atomic E-state index is 12.0. The zero-order chi connectivity index (χ0) is 18.7. The SMILES string of the molecule is COC(=O)/C=C/CCCC(=O)C(=[N+]=[N-])C(=O)OC(C(C)C)C(C)C. The number of rotatable bonds is 10. The van der Waals surface area contributed by atoms with Crippen molar-refractivity contribution in [2.75, 3.05) is 7.11 Å². The standard InChI is InChI=1S/C17H26N2O5/c1-11(2)16(12(3)4)24-17(22)15(19-18)13(20)9-7-6-8-10-14(21)23-5/h8,10-12,16H,6-7,9H2,1-5H3/b10-8+. The second-order valence-corrected chi connectivity index (χ2v) is 6.05. The number of carbonyl (C=O) groups is 3. The third kappa shape index (κ3) is 7.83. The summed E-state index contributed by atoms with van der Waals surface area (Å²) in [5, 5.41) is 0. The molecule has 0 aromatic heterocycles. The Morgan fingerprint density at radius 1 is 1.12 bits per heavy atom. The van der Waals surface area contributed by atoms with Crippen molar-refractivity contribution >= 4 is 23.4 Å². The first kappa shape index (κ1) is 21.7. The Morgan fingerprint density at radius 2 is 1.71 bits per heavy atom. The molecule has 0 spiro atoms. The molecule has 0 bridgehead atoms. The van der Waals surface area contributed by atoms with Crippen molar-refractivity contribution in [3.05, 3.63) is 17.7 Å². The summed E-state index contributed by atoms with van der Waals surface area (Å²) in [6.45, 7) is 7.62. The van der Waals surface area contributed by atoms with E-state index in [2.05, 4.69) is 9.53 Å². The van der Waals surface area contributed by atoms with Crippen molar-refractivity contribution in [3.63, 3.8) is 0 Å². The van der Waals surface area contributed by atoms with E-state index < -0.39 is 23.4 Å². The fourth-order valence-electron chi connectivity index (χ4n) is 2.18. The maximum absolute atomic E-state index is 12.0. The van der Waals surface area contributed by atoms with Crippen LogP contribution in [0.2, 0.25) is 0 Å². The van der Waals surface area contributed by atoms with Crippen molar-refractivity contribution in [3.8, 4) is 0 Å². The molecule has 0 atom stereocenters. The summed E-state index contributed by atoms with van der Waals surface area (Å²) in [5.41, 5.74) is 8.36. The van der Waals surface area contributed by atoms with Gasteiger partial charge in [0, 0.05) is 12.5 Å². The van der Waals surface area contributed by atoms with Gasteiger partial charge in [-0.1, -0.05) is 33.8 Å². The summed E-state index contributed by atoms with van der Waals surface area (Å²) < 4.78 is 9.73. The van der Waals surface area contributed by atoms with Crippen molar-refractivity contribution in [1.82, 2.24) is 0 Å². The molecule has 0 N–H and O–H groups in total. The van der Waals surface area contributed by atoms with Gasteiger partial charge in [0.05, 0.1) is 7.11 Å². The lowest BCUT2D eigenvalue weighted by molar-refractivity contribution is -0.151. The number of Topliss-reactive ketones (excluding diaryl/α,β-unsaturated/α-hetero) is 1. The minimum Gasteiger partial charge on any atom is -0.466 e. The molecule has 0 saturated heterocycles. The zero-order valence-corrected chi connectivity index (χ0v) is 14.9. The summed E-state index contributed by atoms with van der Waals surface area (Å²) in [6, 6.07) is 0. The molecule has 0 heterocycles. The molecule has 0 aromatic carbocycles. The van der Waals surface area contributed by atoms with Gasteiger partial charge in [-0.25, -0.2) is 9.59 Å². The molecule has 0 aromatic rings. The van der Waals surface area contributed by atoms with E-state index in [0.29, 0.717) is 12.8 Å².